The highest BCUT2D eigenvalue weighted by molar-refractivity contribution is 6.32. The Hall–Kier alpha value is -4.40. The molecule has 0 fully saturated rings. The summed E-state index contributed by atoms with van der Waals surface area (Å²) < 4.78 is 39.3. The lowest BCUT2D eigenvalue weighted by Gasteiger charge is -2.17. The summed E-state index contributed by atoms with van der Waals surface area (Å²) in [6, 6.07) is 16.4. The molecule has 4 rings (SSSR count). The van der Waals surface area contributed by atoms with Gasteiger partial charge in [-0.25, -0.2) is 9.97 Å². The number of hydrogen-bond donors (Lipinski definition) is 2. The zero-order valence-electron chi connectivity index (χ0n) is 19.9. The Morgan fingerprint density at radius 3 is 2.31 bits per heavy atom. The molecular formula is C26H17Cl2F3N6O2. The van der Waals surface area contributed by atoms with Crippen molar-refractivity contribution in [3.05, 3.63) is 109 Å². The van der Waals surface area contributed by atoms with E-state index in [1.807, 2.05) is 0 Å². The van der Waals surface area contributed by atoms with E-state index in [0.717, 1.165) is 18.5 Å². The van der Waals surface area contributed by atoms with Gasteiger partial charge in [0.05, 0.1) is 22.5 Å². The second kappa shape index (κ2) is 11.1. The van der Waals surface area contributed by atoms with Gasteiger partial charge in [-0.05, 0) is 60.0 Å². The first-order chi connectivity index (χ1) is 18.5. The zero-order valence-corrected chi connectivity index (χ0v) is 21.4. The topological polar surface area (TPSA) is 117 Å². The molecule has 1 aromatic heterocycles. The molecule has 4 aromatic rings. The van der Waals surface area contributed by atoms with Crippen molar-refractivity contribution < 1.29 is 18.1 Å². The van der Waals surface area contributed by atoms with E-state index < -0.39 is 28.3 Å². The van der Waals surface area contributed by atoms with Crippen LogP contribution in [0.5, 0.6) is 0 Å². The Balaban J connectivity index is 1.68. The summed E-state index contributed by atoms with van der Waals surface area (Å²) >= 11 is 12.5. The van der Waals surface area contributed by atoms with E-state index in [1.165, 1.54) is 18.2 Å². The maximum Gasteiger partial charge on any atom is 0.416 e. The van der Waals surface area contributed by atoms with Crippen LogP contribution in [0.3, 0.4) is 0 Å². The maximum absolute atomic E-state index is 13.1. The molecule has 0 aliphatic rings. The normalized spacial score (nSPS) is 11.9. The van der Waals surface area contributed by atoms with Gasteiger partial charge in [-0.1, -0.05) is 47.5 Å². The van der Waals surface area contributed by atoms with E-state index in [-0.39, 0.29) is 22.3 Å². The first-order valence-electron chi connectivity index (χ1n) is 11.1. The summed E-state index contributed by atoms with van der Waals surface area (Å²) in [5.74, 6) is -1.23. The molecule has 0 amide bonds. The highest BCUT2D eigenvalue weighted by Crippen LogP contribution is 2.38. The van der Waals surface area contributed by atoms with Crippen LogP contribution in [0.25, 0.3) is 0 Å². The van der Waals surface area contributed by atoms with Crippen molar-refractivity contribution in [1.82, 2.24) is 9.97 Å². The number of hydrogen-bond acceptors (Lipinski definition) is 7. The van der Waals surface area contributed by atoms with Crippen molar-refractivity contribution in [3.8, 4) is 6.07 Å². The van der Waals surface area contributed by atoms with E-state index in [1.54, 1.807) is 37.3 Å². The van der Waals surface area contributed by atoms with Crippen molar-refractivity contribution in [2.75, 3.05) is 10.6 Å². The van der Waals surface area contributed by atoms with Crippen molar-refractivity contribution in [2.24, 2.45) is 0 Å². The predicted octanol–water partition coefficient (Wildman–Crippen LogP) is 8.16. The van der Waals surface area contributed by atoms with Crippen LogP contribution in [-0.4, -0.2) is 14.9 Å². The standard InChI is InChI=1S/C26H17Cl2F3N6O2/c1-14-9-19(20(12-32)15-5-7-17(27)8-6-15)21(28)11-22(14)36-25-23(37(38)39)24(33-13-34-25)35-18-4-2-3-16(10-18)26(29,30)31/h2-11,13,20H,1H3,(H2,33,34,35,36). The molecule has 8 nitrogen and oxygen atoms in total. The van der Waals surface area contributed by atoms with Crippen LogP contribution in [0.2, 0.25) is 10.0 Å². The fourth-order valence-electron chi connectivity index (χ4n) is 3.81. The van der Waals surface area contributed by atoms with Crippen molar-refractivity contribution in [2.45, 2.75) is 19.0 Å². The van der Waals surface area contributed by atoms with Crippen LogP contribution in [0.1, 0.15) is 28.2 Å². The van der Waals surface area contributed by atoms with Gasteiger partial charge in [-0.2, -0.15) is 18.4 Å². The SMILES string of the molecule is Cc1cc(C(C#N)c2ccc(Cl)cc2)c(Cl)cc1Nc1ncnc(Nc2cccc(C(F)(F)F)c2)c1[N+](=O)[O-]. The Morgan fingerprint density at radius 2 is 1.69 bits per heavy atom. The molecule has 0 aliphatic heterocycles. The van der Waals surface area contributed by atoms with Crippen LogP contribution in [-0.2, 0) is 6.18 Å². The summed E-state index contributed by atoms with van der Waals surface area (Å²) in [4.78, 5) is 19.0. The summed E-state index contributed by atoms with van der Waals surface area (Å²) in [6.07, 6.45) is -3.56. The molecule has 0 saturated heterocycles. The van der Waals surface area contributed by atoms with Crippen LogP contribution in [0.15, 0.2) is 67.0 Å². The van der Waals surface area contributed by atoms with Crippen molar-refractivity contribution in [3.63, 3.8) is 0 Å². The third kappa shape index (κ3) is 6.19. The lowest BCUT2D eigenvalue weighted by atomic mass is 9.91. The Kier molecular flexibility index (Phi) is 7.90. The summed E-state index contributed by atoms with van der Waals surface area (Å²) in [6.45, 7) is 1.72. The largest absolute Gasteiger partial charge is 0.416 e. The van der Waals surface area contributed by atoms with E-state index >= 15 is 0 Å². The highest BCUT2D eigenvalue weighted by Gasteiger charge is 2.31. The van der Waals surface area contributed by atoms with Gasteiger partial charge < -0.3 is 10.6 Å². The van der Waals surface area contributed by atoms with E-state index in [9.17, 15) is 28.5 Å². The van der Waals surface area contributed by atoms with Gasteiger partial charge in [0.15, 0.2) is 0 Å². The second-order valence-corrected chi connectivity index (χ2v) is 9.15. The minimum atomic E-state index is -4.59. The highest BCUT2D eigenvalue weighted by atomic mass is 35.5. The van der Waals surface area contributed by atoms with Gasteiger partial charge in [-0.15, -0.1) is 0 Å². The van der Waals surface area contributed by atoms with Gasteiger partial charge in [0, 0.05) is 21.4 Å². The smallest absolute Gasteiger partial charge is 0.334 e. The fourth-order valence-corrected chi connectivity index (χ4v) is 4.21. The minimum Gasteiger partial charge on any atom is -0.334 e. The minimum absolute atomic E-state index is 0.0501. The summed E-state index contributed by atoms with van der Waals surface area (Å²) in [7, 11) is 0. The molecule has 198 valence electrons. The monoisotopic (exact) mass is 572 g/mol. The zero-order chi connectivity index (χ0) is 28.3. The van der Waals surface area contributed by atoms with Gasteiger partial charge in [0.25, 0.3) is 0 Å². The number of alkyl halides is 3. The Labute approximate surface area is 230 Å². The van der Waals surface area contributed by atoms with Crippen LogP contribution in [0, 0.1) is 28.4 Å². The molecule has 0 spiro atoms. The van der Waals surface area contributed by atoms with Crippen molar-refractivity contribution in [1.29, 1.82) is 5.26 Å². The van der Waals surface area contributed by atoms with Gasteiger partial charge in [0.2, 0.25) is 11.6 Å². The molecule has 0 saturated carbocycles. The number of nitriles is 1. The van der Waals surface area contributed by atoms with Gasteiger partial charge >= 0.3 is 11.9 Å². The molecule has 1 atom stereocenters. The fraction of sp³-hybridized carbons (Fsp3) is 0.115. The van der Waals surface area contributed by atoms with Crippen molar-refractivity contribution >= 4 is 51.9 Å². The average Bonchev–Trinajstić information content (AvgIpc) is 2.88. The Bertz CT molecular complexity index is 1590. The number of aromatic nitrogens is 2. The van der Waals surface area contributed by atoms with E-state index in [2.05, 4.69) is 26.7 Å². The molecule has 2 N–H and O–H groups in total. The molecule has 1 heterocycles. The number of halogens is 5. The average molecular weight is 573 g/mol. The number of nitrogens with one attached hydrogen (secondary N) is 2. The molecule has 0 radical (unpaired) electrons. The first-order valence-corrected chi connectivity index (χ1v) is 11.9. The number of nitrogens with zero attached hydrogens (tertiary/aromatic N) is 4. The first kappa shape index (κ1) is 27.6. The molecule has 13 heteroatoms. The number of aryl methyl sites for hydroxylation is 1. The number of nitro groups is 1. The molecule has 1 unspecified atom stereocenters. The molecular weight excluding hydrogens is 556 g/mol. The van der Waals surface area contributed by atoms with E-state index in [0.29, 0.717) is 27.4 Å². The molecule has 39 heavy (non-hydrogen) atoms. The van der Waals surface area contributed by atoms with Crippen LogP contribution < -0.4 is 10.6 Å². The third-order valence-electron chi connectivity index (χ3n) is 5.70. The summed E-state index contributed by atoms with van der Waals surface area (Å²) in [5.41, 5.74) is 0.597. The summed E-state index contributed by atoms with van der Waals surface area (Å²) in [5, 5.41) is 27.9. The second-order valence-electron chi connectivity index (χ2n) is 8.31. The van der Waals surface area contributed by atoms with Crippen LogP contribution >= 0.6 is 23.2 Å². The maximum atomic E-state index is 13.1. The lowest BCUT2D eigenvalue weighted by Crippen LogP contribution is -2.08. The third-order valence-corrected chi connectivity index (χ3v) is 6.28. The number of benzene rings is 3. The quantitative estimate of drug-likeness (QED) is 0.169. The van der Waals surface area contributed by atoms with Crippen LogP contribution in [0.4, 0.5) is 41.9 Å². The van der Waals surface area contributed by atoms with E-state index in [4.69, 9.17) is 23.2 Å². The van der Waals surface area contributed by atoms with Gasteiger partial charge in [0.1, 0.15) is 6.33 Å². The molecule has 3 aromatic carbocycles. The number of anilines is 4. The van der Waals surface area contributed by atoms with Gasteiger partial charge in [-0.3, -0.25) is 10.1 Å². The Morgan fingerprint density at radius 1 is 1.03 bits per heavy atom. The lowest BCUT2D eigenvalue weighted by molar-refractivity contribution is -0.383. The molecule has 0 aliphatic carbocycles. The predicted molar refractivity (Wildman–Crippen MR) is 142 cm³/mol. The number of rotatable bonds is 7. The molecule has 0 bridgehead atoms.